The van der Waals surface area contributed by atoms with Crippen LogP contribution in [0.1, 0.15) is 47.1 Å². The Labute approximate surface area is 178 Å². The third-order valence-corrected chi connectivity index (χ3v) is 7.02. The van der Waals surface area contributed by atoms with E-state index in [0.29, 0.717) is 17.6 Å². The van der Waals surface area contributed by atoms with Gasteiger partial charge in [-0.3, -0.25) is 9.69 Å². The van der Waals surface area contributed by atoms with Gasteiger partial charge in [-0.1, -0.05) is 24.3 Å². The van der Waals surface area contributed by atoms with Gasteiger partial charge in [-0.05, 0) is 78.5 Å². The van der Waals surface area contributed by atoms with E-state index in [4.69, 9.17) is 4.42 Å². The maximum Gasteiger partial charge on any atom is 0.336 e. The molecule has 0 saturated carbocycles. The summed E-state index contributed by atoms with van der Waals surface area (Å²) >= 11 is 0. The summed E-state index contributed by atoms with van der Waals surface area (Å²) in [5.41, 5.74) is 4.13. The molecule has 3 amide bonds. The second-order valence-corrected chi connectivity index (χ2v) is 8.80. The lowest BCUT2D eigenvalue weighted by molar-refractivity contribution is -0.132. The van der Waals surface area contributed by atoms with E-state index in [0.717, 1.165) is 48.6 Å². The van der Waals surface area contributed by atoms with Crippen molar-refractivity contribution >= 4 is 22.9 Å². The standard InChI is InChI=1S/C25H22N2O4/c28-22-13-18(19-11-16-6-3-7-17(16)12-21(19)31-22)14-27-23(29)25(26-24(27)30)10-4-8-15-5-1-2-9-20(15)25/h1-2,5,9,11-13H,3-4,6-8,10,14H2,(H,26,30)/t25-/m1/s1. The number of imide groups is 1. The molecule has 6 rings (SSSR count). The summed E-state index contributed by atoms with van der Waals surface area (Å²) < 4.78 is 5.44. The molecule has 0 radical (unpaired) electrons. The van der Waals surface area contributed by atoms with Crippen LogP contribution in [0.3, 0.4) is 0 Å². The van der Waals surface area contributed by atoms with Gasteiger partial charge in [-0.25, -0.2) is 9.59 Å². The van der Waals surface area contributed by atoms with E-state index in [1.54, 1.807) is 0 Å². The molecule has 0 bridgehead atoms. The average Bonchev–Trinajstić information content (AvgIpc) is 3.31. The molecule has 1 atom stereocenters. The Bertz CT molecular complexity index is 1320. The molecule has 2 heterocycles. The zero-order valence-electron chi connectivity index (χ0n) is 17.1. The molecule has 3 aromatic rings. The van der Waals surface area contributed by atoms with Gasteiger partial charge in [0.25, 0.3) is 5.91 Å². The number of benzene rings is 2. The van der Waals surface area contributed by atoms with Crippen LogP contribution in [0.25, 0.3) is 11.0 Å². The number of amides is 3. The van der Waals surface area contributed by atoms with Crippen molar-refractivity contribution in [3.63, 3.8) is 0 Å². The SMILES string of the molecule is O=C1N[C@@]2(CCCc3ccccc32)C(=O)N1Cc1cc(=O)oc2cc3c(cc12)CCC3. The summed E-state index contributed by atoms with van der Waals surface area (Å²) in [6.45, 7) is 0.0511. The predicted molar refractivity (Wildman–Crippen MR) is 115 cm³/mol. The van der Waals surface area contributed by atoms with Crippen molar-refractivity contribution in [1.29, 1.82) is 0 Å². The Balaban J connectivity index is 1.42. The van der Waals surface area contributed by atoms with Crippen molar-refractivity contribution in [1.82, 2.24) is 10.2 Å². The summed E-state index contributed by atoms with van der Waals surface area (Å²) in [5, 5.41) is 3.78. The van der Waals surface area contributed by atoms with Crippen molar-refractivity contribution < 1.29 is 14.0 Å². The lowest BCUT2D eigenvalue weighted by Crippen LogP contribution is -2.46. The minimum absolute atomic E-state index is 0.0511. The molecule has 1 N–H and O–H groups in total. The molecule has 1 aromatic heterocycles. The molecule has 156 valence electrons. The van der Waals surface area contributed by atoms with Crippen LogP contribution in [-0.2, 0) is 36.1 Å². The molecule has 1 spiro atoms. The van der Waals surface area contributed by atoms with Gasteiger partial charge in [-0.2, -0.15) is 0 Å². The maximum atomic E-state index is 13.6. The number of urea groups is 1. The van der Waals surface area contributed by atoms with Crippen molar-refractivity contribution in [3.8, 4) is 0 Å². The Hall–Kier alpha value is -3.41. The summed E-state index contributed by atoms with van der Waals surface area (Å²) in [7, 11) is 0. The smallest absolute Gasteiger partial charge is 0.336 e. The molecule has 0 unspecified atom stereocenters. The molecular weight excluding hydrogens is 392 g/mol. The van der Waals surface area contributed by atoms with E-state index >= 15 is 0 Å². The molecule has 6 heteroatoms. The lowest BCUT2D eigenvalue weighted by Gasteiger charge is -2.33. The largest absolute Gasteiger partial charge is 0.423 e. The molecule has 1 saturated heterocycles. The van der Waals surface area contributed by atoms with Crippen LogP contribution in [0, 0.1) is 0 Å². The van der Waals surface area contributed by atoms with Gasteiger partial charge in [0, 0.05) is 11.5 Å². The van der Waals surface area contributed by atoms with E-state index in [2.05, 4.69) is 11.4 Å². The fourth-order valence-electron chi connectivity index (χ4n) is 5.55. The third kappa shape index (κ3) is 2.67. The maximum absolute atomic E-state index is 13.6. The number of nitrogens with zero attached hydrogens (tertiary/aromatic N) is 1. The number of carbonyl (C=O) groups excluding carboxylic acids is 2. The number of hydrogen-bond acceptors (Lipinski definition) is 4. The normalized spacial score (nSPS) is 22.1. The summed E-state index contributed by atoms with van der Waals surface area (Å²) in [6.07, 6.45) is 5.37. The quantitative estimate of drug-likeness (QED) is 0.514. The summed E-state index contributed by atoms with van der Waals surface area (Å²) in [4.78, 5) is 40.1. The van der Waals surface area contributed by atoms with Crippen molar-refractivity contribution in [3.05, 3.63) is 80.7 Å². The summed E-state index contributed by atoms with van der Waals surface area (Å²) in [5.74, 6) is -0.243. The van der Waals surface area contributed by atoms with Gasteiger partial charge < -0.3 is 9.73 Å². The van der Waals surface area contributed by atoms with Crippen LogP contribution >= 0.6 is 0 Å². The molecule has 31 heavy (non-hydrogen) atoms. The van der Waals surface area contributed by atoms with Crippen molar-refractivity contribution in [2.75, 3.05) is 0 Å². The van der Waals surface area contributed by atoms with Gasteiger partial charge in [0.2, 0.25) is 0 Å². The Kier molecular flexibility index (Phi) is 3.88. The van der Waals surface area contributed by atoms with E-state index in [-0.39, 0.29) is 12.5 Å². The first-order chi connectivity index (χ1) is 15.0. The number of hydrogen-bond donors (Lipinski definition) is 1. The van der Waals surface area contributed by atoms with Gasteiger partial charge in [0.05, 0.1) is 6.54 Å². The van der Waals surface area contributed by atoms with Crippen molar-refractivity contribution in [2.24, 2.45) is 0 Å². The number of rotatable bonds is 2. The van der Waals surface area contributed by atoms with E-state index in [1.165, 1.54) is 22.1 Å². The predicted octanol–water partition coefficient (Wildman–Crippen LogP) is 3.57. The molecule has 1 aliphatic heterocycles. The van der Waals surface area contributed by atoms with Gasteiger partial charge in [0.15, 0.2) is 0 Å². The topological polar surface area (TPSA) is 79.6 Å². The first kappa shape index (κ1) is 18.4. The van der Waals surface area contributed by atoms with Crippen LogP contribution in [0.2, 0.25) is 0 Å². The third-order valence-electron chi connectivity index (χ3n) is 7.02. The van der Waals surface area contributed by atoms with E-state index in [9.17, 15) is 14.4 Å². The van der Waals surface area contributed by atoms with E-state index < -0.39 is 17.2 Å². The zero-order valence-corrected chi connectivity index (χ0v) is 17.1. The molecule has 2 aromatic carbocycles. The average molecular weight is 414 g/mol. The van der Waals surface area contributed by atoms with Gasteiger partial charge >= 0.3 is 11.7 Å². The number of fused-ring (bicyclic) bond motifs is 4. The molecule has 3 aliphatic rings. The van der Waals surface area contributed by atoms with Gasteiger partial charge in [-0.15, -0.1) is 0 Å². The molecular formula is C25H22N2O4. The van der Waals surface area contributed by atoms with Crippen molar-refractivity contribution in [2.45, 2.75) is 50.6 Å². The Morgan fingerprint density at radius 3 is 2.58 bits per heavy atom. The summed E-state index contributed by atoms with van der Waals surface area (Å²) in [6, 6.07) is 12.8. The van der Waals surface area contributed by atoms with Crippen LogP contribution < -0.4 is 10.9 Å². The Morgan fingerprint density at radius 1 is 0.935 bits per heavy atom. The minimum atomic E-state index is -1.01. The fourth-order valence-corrected chi connectivity index (χ4v) is 5.55. The first-order valence-corrected chi connectivity index (χ1v) is 10.9. The second-order valence-electron chi connectivity index (χ2n) is 8.80. The van der Waals surface area contributed by atoms with Crippen LogP contribution in [0.4, 0.5) is 4.79 Å². The van der Waals surface area contributed by atoms with Crippen LogP contribution in [0.5, 0.6) is 0 Å². The number of nitrogens with one attached hydrogen (secondary N) is 1. The number of aryl methyl sites for hydroxylation is 3. The highest BCUT2D eigenvalue weighted by Gasteiger charge is 2.53. The van der Waals surface area contributed by atoms with E-state index in [1.807, 2.05) is 30.3 Å². The second kappa shape index (κ2) is 6.54. The fraction of sp³-hybridized carbons (Fsp3) is 0.320. The molecule has 1 fully saturated rings. The van der Waals surface area contributed by atoms with Gasteiger partial charge in [0.1, 0.15) is 11.1 Å². The Morgan fingerprint density at radius 2 is 1.71 bits per heavy atom. The molecule has 6 nitrogen and oxygen atoms in total. The molecule has 2 aliphatic carbocycles. The van der Waals surface area contributed by atoms with Crippen LogP contribution in [-0.4, -0.2) is 16.8 Å². The lowest BCUT2D eigenvalue weighted by atomic mass is 9.76. The van der Waals surface area contributed by atoms with Crippen LogP contribution in [0.15, 0.2) is 51.7 Å². The monoisotopic (exact) mass is 414 g/mol. The minimum Gasteiger partial charge on any atom is -0.423 e. The zero-order chi connectivity index (χ0) is 21.2. The highest BCUT2D eigenvalue weighted by Crippen LogP contribution is 2.40. The highest BCUT2D eigenvalue weighted by atomic mass is 16.4. The first-order valence-electron chi connectivity index (χ1n) is 10.9. The highest BCUT2D eigenvalue weighted by molar-refractivity contribution is 6.08. The number of carbonyl (C=O) groups is 2.